The van der Waals surface area contributed by atoms with Gasteiger partial charge in [0.2, 0.25) is 0 Å². The molecule has 0 fully saturated rings. The van der Waals surface area contributed by atoms with E-state index in [-0.39, 0.29) is 0 Å². The molecule has 0 saturated heterocycles. The SMILES string of the molecule is C=CC.CCCC[Si](OC)(OC)OC. The first-order valence-electron chi connectivity index (χ1n) is 4.88. The van der Waals surface area contributed by atoms with E-state index in [9.17, 15) is 0 Å². The van der Waals surface area contributed by atoms with Crippen molar-refractivity contribution in [2.45, 2.75) is 32.7 Å². The summed E-state index contributed by atoms with van der Waals surface area (Å²) >= 11 is 0. The smallest absolute Gasteiger partial charge is 0.377 e. The van der Waals surface area contributed by atoms with Crippen molar-refractivity contribution >= 4 is 8.80 Å². The Hall–Kier alpha value is -0.163. The van der Waals surface area contributed by atoms with Crippen LogP contribution in [-0.2, 0) is 13.3 Å². The summed E-state index contributed by atoms with van der Waals surface area (Å²) in [5.74, 6) is 0. The first kappa shape index (κ1) is 16.3. The van der Waals surface area contributed by atoms with E-state index in [4.69, 9.17) is 13.3 Å². The molecule has 0 aliphatic heterocycles. The van der Waals surface area contributed by atoms with Crippen molar-refractivity contribution in [2.75, 3.05) is 21.3 Å². The van der Waals surface area contributed by atoms with Crippen LogP contribution in [0.1, 0.15) is 26.7 Å². The van der Waals surface area contributed by atoms with Crippen molar-refractivity contribution in [3.8, 4) is 0 Å². The normalized spacial score (nSPS) is 10.4. The third kappa shape index (κ3) is 7.26. The summed E-state index contributed by atoms with van der Waals surface area (Å²) in [6.07, 6.45) is 3.99. The standard InChI is InChI=1S/C7H18O3Si.C3H6/c1-5-6-7-11(8-2,9-3)10-4;1-3-2/h5-7H2,1-4H3;3H,1H2,2H3. The van der Waals surface area contributed by atoms with Gasteiger partial charge in [-0.3, -0.25) is 0 Å². The van der Waals surface area contributed by atoms with Gasteiger partial charge in [-0.2, -0.15) is 0 Å². The number of rotatable bonds is 6. The van der Waals surface area contributed by atoms with Crippen molar-refractivity contribution in [2.24, 2.45) is 0 Å². The lowest BCUT2D eigenvalue weighted by atomic mass is 10.4. The van der Waals surface area contributed by atoms with Gasteiger partial charge in [0.05, 0.1) is 0 Å². The zero-order valence-electron chi connectivity index (χ0n) is 10.1. The van der Waals surface area contributed by atoms with Gasteiger partial charge < -0.3 is 13.3 Å². The van der Waals surface area contributed by atoms with Gasteiger partial charge >= 0.3 is 8.80 Å². The van der Waals surface area contributed by atoms with E-state index in [2.05, 4.69) is 13.5 Å². The number of unbranched alkanes of at least 4 members (excludes halogenated alkanes) is 1. The average molecular weight is 220 g/mol. The molecule has 0 saturated carbocycles. The van der Waals surface area contributed by atoms with Crippen LogP contribution in [0.25, 0.3) is 0 Å². The third-order valence-electron chi connectivity index (χ3n) is 1.77. The van der Waals surface area contributed by atoms with Gasteiger partial charge in [-0.1, -0.05) is 19.4 Å². The van der Waals surface area contributed by atoms with E-state index in [1.807, 2.05) is 6.92 Å². The Morgan fingerprint density at radius 2 is 1.50 bits per heavy atom. The first-order valence-corrected chi connectivity index (χ1v) is 6.82. The molecule has 3 nitrogen and oxygen atoms in total. The highest BCUT2D eigenvalue weighted by Gasteiger charge is 2.36. The fourth-order valence-corrected chi connectivity index (χ4v) is 2.85. The van der Waals surface area contributed by atoms with Gasteiger partial charge in [-0.15, -0.1) is 6.58 Å². The largest absolute Gasteiger partial charge is 0.500 e. The zero-order chi connectivity index (χ0) is 11.4. The molecule has 0 rings (SSSR count). The molecule has 0 spiro atoms. The number of hydrogen-bond acceptors (Lipinski definition) is 3. The maximum absolute atomic E-state index is 5.23. The second-order valence-corrected chi connectivity index (χ2v) is 5.90. The first-order chi connectivity index (χ1) is 6.66. The maximum Gasteiger partial charge on any atom is 0.500 e. The summed E-state index contributed by atoms with van der Waals surface area (Å²) in [4.78, 5) is 0. The lowest BCUT2D eigenvalue weighted by Gasteiger charge is -2.23. The van der Waals surface area contributed by atoms with E-state index in [1.54, 1.807) is 27.4 Å². The summed E-state index contributed by atoms with van der Waals surface area (Å²) in [6, 6.07) is 0.910. The van der Waals surface area contributed by atoms with E-state index in [1.165, 1.54) is 0 Å². The Morgan fingerprint density at radius 3 is 1.71 bits per heavy atom. The molecule has 0 radical (unpaired) electrons. The fourth-order valence-electron chi connectivity index (χ4n) is 0.949. The van der Waals surface area contributed by atoms with Gasteiger partial charge in [0, 0.05) is 27.4 Å². The second-order valence-electron chi connectivity index (χ2n) is 2.81. The molecule has 0 aliphatic rings. The highest BCUT2D eigenvalue weighted by atomic mass is 28.4. The van der Waals surface area contributed by atoms with E-state index >= 15 is 0 Å². The Morgan fingerprint density at radius 1 is 1.14 bits per heavy atom. The minimum absolute atomic E-state index is 0.910. The molecule has 0 heterocycles. The topological polar surface area (TPSA) is 27.7 Å². The second kappa shape index (κ2) is 10.9. The van der Waals surface area contributed by atoms with Crippen LogP contribution < -0.4 is 0 Å². The Labute approximate surface area is 89.4 Å². The van der Waals surface area contributed by atoms with Crippen LogP contribution in [0.3, 0.4) is 0 Å². The summed E-state index contributed by atoms with van der Waals surface area (Å²) < 4.78 is 15.7. The van der Waals surface area contributed by atoms with Gasteiger partial charge in [-0.25, -0.2) is 0 Å². The van der Waals surface area contributed by atoms with Crippen LogP contribution in [0.2, 0.25) is 6.04 Å². The minimum Gasteiger partial charge on any atom is -0.377 e. The van der Waals surface area contributed by atoms with Gasteiger partial charge in [-0.05, 0) is 13.3 Å². The molecule has 0 N–H and O–H groups in total. The molecule has 86 valence electrons. The van der Waals surface area contributed by atoms with Crippen molar-refractivity contribution < 1.29 is 13.3 Å². The van der Waals surface area contributed by atoms with Gasteiger partial charge in [0.1, 0.15) is 0 Å². The quantitative estimate of drug-likeness (QED) is 0.509. The molecule has 0 aromatic rings. The van der Waals surface area contributed by atoms with Crippen LogP contribution in [0.4, 0.5) is 0 Å². The molecule has 4 heteroatoms. The van der Waals surface area contributed by atoms with Crippen LogP contribution in [0, 0.1) is 0 Å². The molecule has 0 unspecified atom stereocenters. The minimum atomic E-state index is -2.24. The average Bonchev–Trinajstić information content (AvgIpc) is 2.22. The highest BCUT2D eigenvalue weighted by molar-refractivity contribution is 6.60. The number of hydrogen-bond donors (Lipinski definition) is 0. The molecule has 14 heavy (non-hydrogen) atoms. The summed E-state index contributed by atoms with van der Waals surface area (Å²) in [5, 5.41) is 0. The predicted octanol–water partition coefficient (Wildman–Crippen LogP) is 2.86. The molecule has 0 aromatic carbocycles. The van der Waals surface area contributed by atoms with Crippen LogP contribution in [0.15, 0.2) is 12.7 Å². The molecular weight excluding hydrogens is 196 g/mol. The van der Waals surface area contributed by atoms with Crippen LogP contribution in [0.5, 0.6) is 0 Å². The Balaban J connectivity index is 0. The summed E-state index contributed by atoms with van der Waals surface area (Å²) in [6.45, 7) is 7.39. The van der Waals surface area contributed by atoms with E-state index in [0.29, 0.717) is 0 Å². The van der Waals surface area contributed by atoms with Crippen LogP contribution in [-0.4, -0.2) is 30.1 Å². The van der Waals surface area contributed by atoms with Crippen molar-refractivity contribution in [3.05, 3.63) is 12.7 Å². The van der Waals surface area contributed by atoms with Crippen LogP contribution >= 0.6 is 0 Å². The number of allylic oxidation sites excluding steroid dienone is 1. The molecule has 0 amide bonds. The highest BCUT2D eigenvalue weighted by Crippen LogP contribution is 2.15. The zero-order valence-corrected chi connectivity index (χ0v) is 11.1. The van der Waals surface area contributed by atoms with E-state index < -0.39 is 8.80 Å². The van der Waals surface area contributed by atoms with Crippen molar-refractivity contribution in [3.63, 3.8) is 0 Å². The monoisotopic (exact) mass is 220 g/mol. The maximum atomic E-state index is 5.23. The molecular formula is C10H24O3Si. The molecule has 0 atom stereocenters. The Kier molecular flexibility index (Phi) is 12.7. The van der Waals surface area contributed by atoms with Gasteiger partial charge in [0.25, 0.3) is 0 Å². The lowest BCUT2D eigenvalue weighted by molar-refractivity contribution is 0.123. The summed E-state index contributed by atoms with van der Waals surface area (Å²) in [5.41, 5.74) is 0. The molecule has 0 aromatic heterocycles. The van der Waals surface area contributed by atoms with Gasteiger partial charge in [0.15, 0.2) is 0 Å². The van der Waals surface area contributed by atoms with E-state index in [0.717, 1.165) is 18.9 Å². The van der Waals surface area contributed by atoms with Crippen molar-refractivity contribution in [1.29, 1.82) is 0 Å². The third-order valence-corrected chi connectivity index (χ3v) is 4.60. The molecule has 0 bridgehead atoms. The predicted molar refractivity (Wildman–Crippen MR) is 62.4 cm³/mol. The summed E-state index contributed by atoms with van der Waals surface area (Å²) in [7, 11) is 2.70. The lowest BCUT2D eigenvalue weighted by Crippen LogP contribution is -2.42. The molecule has 0 aliphatic carbocycles. The van der Waals surface area contributed by atoms with Crippen molar-refractivity contribution in [1.82, 2.24) is 0 Å². The Bertz CT molecular complexity index is 116. The fraction of sp³-hybridized carbons (Fsp3) is 0.800.